The molecule has 3 aromatic rings. The number of nitrogens with zero attached hydrogens (tertiary/aromatic N) is 3. The Balaban J connectivity index is 1.81. The van der Waals surface area contributed by atoms with E-state index in [2.05, 4.69) is 14.3 Å². The van der Waals surface area contributed by atoms with Crippen LogP contribution in [0.4, 0.5) is 5.13 Å². The van der Waals surface area contributed by atoms with Gasteiger partial charge in [-0.15, -0.1) is 11.3 Å². The van der Waals surface area contributed by atoms with Gasteiger partial charge in [0.05, 0.1) is 28.3 Å². The molecular formula is C17H16ClN3O2S2. The van der Waals surface area contributed by atoms with E-state index in [1.807, 2.05) is 29.6 Å². The second-order valence-electron chi connectivity index (χ2n) is 5.43. The number of aromatic nitrogens is 2. The minimum absolute atomic E-state index is 0.300. The van der Waals surface area contributed by atoms with Gasteiger partial charge in [-0.05, 0) is 35.9 Å². The van der Waals surface area contributed by atoms with Gasteiger partial charge in [-0.2, -0.15) is 4.36 Å². The molecule has 0 spiro atoms. The number of hydrogen-bond donors (Lipinski definition) is 0. The van der Waals surface area contributed by atoms with Gasteiger partial charge in [-0.3, -0.25) is 0 Å². The molecule has 8 heteroatoms. The lowest BCUT2D eigenvalue weighted by Gasteiger charge is -2.03. The minimum atomic E-state index is -2.46. The summed E-state index contributed by atoms with van der Waals surface area (Å²) in [6, 6.07) is 11.1. The molecule has 0 fully saturated rings. The fourth-order valence-corrected chi connectivity index (χ4v) is 4.74. The maximum atomic E-state index is 12.8. The Bertz CT molecular complexity index is 976. The molecular weight excluding hydrogens is 378 g/mol. The van der Waals surface area contributed by atoms with E-state index < -0.39 is 9.73 Å². The van der Waals surface area contributed by atoms with Gasteiger partial charge < -0.3 is 4.74 Å². The van der Waals surface area contributed by atoms with Gasteiger partial charge in [-0.1, -0.05) is 17.7 Å². The van der Waals surface area contributed by atoms with E-state index >= 15 is 0 Å². The number of thiazole rings is 1. The van der Waals surface area contributed by atoms with E-state index in [0.29, 0.717) is 16.0 Å². The summed E-state index contributed by atoms with van der Waals surface area (Å²) in [6.07, 6.45) is 3.24. The van der Waals surface area contributed by atoms with Crippen LogP contribution < -0.4 is 4.74 Å². The van der Waals surface area contributed by atoms with Gasteiger partial charge in [0.15, 0.2) is 0 Å². The standard InChI is InChI=1S/C17H16ClN3O2S2/c1-23-14-6-4-13(5-7-14)15-10-24-17(20-15)21-25(2,22)11-12-3-8-16(18)19-9-12/h3-10H,11H2,1-2H3. The highest BCUT2D eigenvalue weighted by Gasteiger charge is 2.09. The largest absolute Gasteiger partial charge is 0.497 e. The highest BCUT2D eigenvalue weighted by molar-refractivity contribution is 7.92. The summed E-state index contributed by atoms with van der Waals surface area (Å²) in [5.74, 6) is 1.09. The second-order valence-corrected chi connectivity index (χ2v) is 9.04. The summed E-state index contributed by atoms with van der Waals surface area (Å²) in [5, 5.41) is 2.81. The Labute approximate surface area is 155 Å². The highest BCUT2D eigenvalue weighted by Crippen LogP contribution is 2.29. The SMILES string of the molecule is COc1ccc(-c2csc(N=S(C)(=O)Cc3ccc(Cl)nc3)n2)cc1. The molecule has 1 aromatic carbocycles. The average molecular weight is 394 g/mol. The first-order valence-electron chi connectivity index (χ1n) is 7.35. The van der Waals surface area contributed by atoms with Crippen LogP contribution in [0.1, 0.15) is 5.56 Å². The maximum absolute atomic E-state index is 12.8. The van der Waals surface area contributed by atoms with Gasteiger partial charge >= 0.3 is 0 Å². The molecule has 130 valence electrons. The first-order valence-corrected chi connectivity index (χ1v) is 10.7. The van der Waals surface area contributed by atoms with Crippen LogP contribution in [0.25, 0.3) is 11.3 Å². The zero-order valence-corrected chi connectivity index (χ0v) is 16.1. The summed E-state index contributed by atoms with van der Waals surface area (Å²) in [5.41, 5.74) is 2.59. The fourth-order valence-electron chi connectivity index (χ4n) is 2.20. The summed E-state index contributed by atoms with van der Waals surface area (Å²) in [6.45, 7) is 0. The lowest BCUT2D eigenvalue weighted by Crippen LogP contribution is -2.01. The average Bonchev–Trinajstić information content (AvgIpc) is 3.04. The summed E-state index contributed by atoms with van der Waals surface area (Å²) >= 11 is 7.14. The monoisotopic (exact) mass is 393 g/mol. The molecule has 0 aliphatic heterocycles. The zero-order chi connectivity index (χ0) is 17.9. The first-order chi connectivity index (χ1) is 11.9. The molecule has 0 amide bonds. The molecule has 0 bridgehead atoms. The quantitative estimate of drug-likeness (QED) is 0.584. The maximum Gasteiger partial charge on any atom is 0.218 e. The van der Waals surface area contributed by atoms with E-state index in [9.17, 15) is 4.21 Å². The third-order valence-electron chi connectivity index (χ3n) is 3.37. The molecule has 5 nitrogen and oxygen atoms in total. The Hall–Kier alpha value is -1.96. The third kappa shape index (κ3) is 4.78. The molecule has 1 atom stereocenters. The van der Waals surface area contributed by atoms with Crippen molar-refractivity contribution in [1.82, 2.24) is 9.97 Å². The molecule has 0 N–H and O–H groups in total. The molecule has 3 rings (SSSR count). The highest BCUT2D eigenvalue weighted by atomic mass is 35.5. The number of benzene rings is 1. The van der Waals surface area contributed by atoms with Crippen molar-refractivity contribution in [3.05, 3.63) is 58.7 Å². The number of rotatable bonds is 5. The Kier molecular flexibility index (Phi) is 5.36. The van der Waals surface area contributed by atoms with Crippen molar-refractivity contribution >= 4 is 37.8 Å². The smallest absolute Gasteiger partial charge is 0.218 e. The van der Waals surface area contributed by atoms with Crippen molar-refractivity contribution in [3.8, 4) is 17.0 Å². The van der Waals surface area contributed by atoms with Crippen molar-refractivity contribution < 1.29 is 8.95 Å². The summed E-state index contributed by atoms with van der Waals surface area (Å²) in [7, 11) is -0.832. The predicted molar refractivity (Wildman–Crippen MR) is 103 cm³/mol. The van der Waals surface area contributed by atoms with E-state index in [1.54, 1.807) is 31.7 Å². The molecule has 0 saturated carbocycles. The van der Waals surface area contributed by atoms with E-state index in [0.717, 1.165) is 22.6 Å². The van der Waals surface area contributed by atoms with Gasteiger partial charge in [0.1, 0.15) is 10.9 Å². The number of halogens is 1. The fraction of sp³-hybridized carbons (Fsp3) is 0.176. The van der Waals surface area contributed by atoms with Gasteiger partial charge in [0, 0.05) is 23.4 Å². The molecule has 0 aliphatic rings. The number of methoxy groups -OCH3 is 1. The van der Waals surface area contributed by atoms with Crippen molar-refractivity contribution in [2.24, 2.45) is 4.36 Å². The van der Waals surface area contributed by atoms with Gasteiger partial charge in [0.2, 0.25) is 5.13 Å². The molecule has 25 heavy (non-hydrogen) atoms. The molecule has 2 aromatic heterocycles. The molecule has 0 radical (unpaired) electrons. The van der Waals surface area contributed by atoms with Gasteiger partial charge in [-0.25, -0.2) is 14.2 Å². The van der Waals surface area contributed by atoms with Crippen molar-refractivity contribution in [3.63, 3.8) is 0 Å². The molecule has 1 unspecified atom stereocenters. The van der Waals surface area contributed by atoms with Crippen LogP contribution in [-0.2, 0) is 15.5 Å². The zero-order valence-electron chi connectivity index (χ0n) is 13.7. The minimum Gasteiger partial charge on any atom is -0.497 e. The van der Waals surface area contributed by atoms with Crippen molar-refractivity contribution in [2.45, 2.75) is 5.75 Å². The molecule has 0 aliphatic carbocycles. The lowest BCUT2D eigenvalue weighted by atomic mass is 10.2. The Morgan fingerprint density at radius 2 is 2.00 bits per heavy atom. The molecule has 0 saturated heterocycles. The normalized spacial score (nSPS) is 13.2. The number of ether oxygens (including phenoxy) is 1. The van der Waals surface area contributed by atoms with Gasteiger partial charge in [0.25, 0.3) is 0 Å². The number of pyridine rings is 1. The third-order valence-corrected chi connectivity index (χ3v) is 5.87. The Morgan fingerprint density at radius 3 is 2.64 bits per heavy atom. The predicted octanol–water partition coefficient (Wildman–Crippen LogP) is 4.80. The second kappa shape index (κ2) is 7.51. The van der Waals surface area contributed by atoms with E-state index in [1.165, 1.54) is 11.3 Å². The van der Waals surface area contributed by atoms with E-state index in [-0.39, 0.29) is 0 Å². The molecule has 2 heterocycles. The van der Waals surface area contributed by atoms with Crippen LogP contribution in [0.3, 0.4) is 0 Å². The summed E-state index contributed by atoms with van der Waals surface area (Å²) < 4.78 is 22.3. The lowest BCUT2D eigenvalue weighted by molar-refractivity contribution is 0.415. The van der Waals surface area contributed by atoms with Crippen LogP contribution in [0.5, 0.6) is 5.75 Å². The van der Waals surface area contributed by atoms with E-state index in [4.69, 9.17) is 16.3 Å². The topological polar surface area (TPSA) is 64.4 Å². The van der Waals surface area contributed by atoms with Crippen LogP contribution in [0.2, 0.25) is 5.15 Å². The van der Waals surface area contributed by atoms with Crippen LogP contribution in [0, 0.1) is 0 Å². The first kappa shape index (κ1) is 17.8. The summed E-state index contributed by atoms with van der Waals surface area (Å²) in [4.78, 5) is 8.48. The van der Waals surface area contributed by atoms with Crippen molar-refractivity contribution in [1.29, 1.82) is 0 Å². The van der Waals surface area contributed by atoms with Crippen LogP contribution in [-0.4, -0.2) is 27.5 Å². The van der Waals surface area contributed by atoms with Crippen LogP contribution in [0.15, 0.2) is 52.3 Å². The number of hydrogen-bond acceptors (Lipinski definition) is 6. The van der Waals surface area contributed by atoms with Crippen molar-refractivity contribution in [2.75, 3.05) is 13.4 Å². The van der Waals surface area contributed by atoms with Crippen LogP contribution >= 0.6 is 22.9 Å². The Morgan fingerprint density at radius 1 is 1.24 bits per heavy atom.